The van der Waals surface area contributed by atoms with Crippen molar-refractivity contribution in [2.24, 2.45) is 0 Å². The Morgan fingerprint density at radius 2 is 2.22 bits per heavy atom. The number of nitrogens with one attached hydrogen (secondary N) is 2. The van der Waals surface area contributed by atoms with Crippen LogP contribution in [0.4, 0.5) is 11.6 Å². The van der Waals surface area contributed by atoms with Crippen molar-refractivity contribution in [1.29, 1.82) is 0 Å². The van der Waals surface area contributed by atoms with E-state index in [0.717, 1.165) is 27.0 Å². The number of nitrogens with zero attached hydrogens (tertiary/aromatic N) is 1. The molecule has 0 aliphatic rings. The van der Waals surface area contributed by atoms with Crippen LogP contribution in [0.15, 0.2) is 30.3 Å². The summed E-state index contributed by atoms with van der Waals surface area (Å²) in [5.74, 6) is 0.736. The van der Waals surface area contributed by atoms with Crippen molar-refractivity contribution >= 4 is 45.6 Å². The maximum Gasteiger partial charge on any atom is 0.201 e. The van der Waals surface area contributed by atoms with Gasteiger partial charge in [0.2, 0.25) is 5.95 Å². The Labute approximate surface area is 113 Å². The molecule has 18 heavy (non-hydrogen) atoms. The lowest BCUT2D eigenvalue weighted by atomic mass is 10.3. The van der Waals surface area contributed by atoms with E-state index in [-0.39, 0.29) is 0 Å². The fraction of sp³-hybridized carbons (Fsp3) is 0.0833. The van der Waals surface area contributed by atoms with E-state index in [1.807, 2.05) is 30.3 Å². The zero-order valence-electron chi connectivity index (χ0n) is 9.40. The number of hydrogen-bond acceptors (Lipinski definition) is 4. The summed E-state index contributed by atoms with van der Waals surface area (Å²) in [5, 5.41) is 3.23. The number of halogens is 1. The molecule has 0 bridgehead atoms. The monoisotopic (exact) mass is 278 g/mol. The zero-order chi connectivity index (χ0) is 12.5. The summed E-state index contributed by atoms with van der Waals surface area (Å²) in [6, 6.07) is 9.50. The number of aromatic amines is 1. The molecular formula is C12H11ClN4S. The highest BCUT2D eigenvalue weighted by Gasteiger charge is 2.03. The van der Waals surface area contributed by atoms with Crippen LogP contribution in [0.5, 0.6) is 0 Å². The van der Waals surface area contributed by atoms with Crippen LogP contribution in [0, 0.1) is 0 Å². The van der Waals surface area contributed by atoms with Crippen molar-refractivity contribution in [2.45, 2.75) is 6.54 Å². The zero-order valence-corrected chi connectivity index (χ0v) is 11.0. The predicted octanol–water partition coefficient (Wildman–Crippen LogP) is 3.47. The highest BCUT2D eigenvalue weighted by molar-refractivity contribution is 7.16. The molecule has 0 aliphatic heterocycles. The molecule has 0 spiro atoms. The molecule has 4 N–H and O–H groups in total. The van der Waals surface area contributed by atoms with Crippen molar-refractivity contribution in [1.82, 2.24) is 9.97 Å². The average molecular weight is 279 g/mol. The number of thiophene rings is 1. The molecule has 0 fully saturated rings. The Morgan fingerprint density at radius 1 is 1.33 bits per heavy atom. The molecule has 0 saturated heterocycles. The first-order valence-corrected chi connectivity index (χ1v) is 6.63. The van der Waals surface area contributed by atoms with Gasteiger partial charge in [0.15, 0.2) is 0 Å². The second kappa shape index (κ2) is 4.51. The van der Waals surface area contributed by atoms with Crippen LogP contribution in [0.2, 0.25) is 4.34 Å². The minimum atomic E-state index is 0.701. The molecular weight excluding hydrogens is 268 g/mol. The first kappa shape index (κ1) is 11.4. The van der Waals surface area contributed by atoms with E-state index in [1.54, 1.807) is 11.3 Å². The van der Waals surface area contributed by atoms with Crippen LogP contribution in [-0.2, 0) is 6.54 Å². The third kappa shape index (κ3) is 2.27. The van der Waals surface area contributed by atoms with Gasteiger partial charge < -0.3 is 16.0 Å². The number of fused-ring (bicyclic) bond motifs is 1. The van der Waals surface area contributed by atoms with E-state index in [4.69, 9.17) is 17.3 Å². The first-order valence-electron chi connectivity index (χ1n) is 5.44. The fourth-order valence-electron chi connectivity index (χ4n) is 1.73. The van der Waals surface area contributed by atoms with E-state index in [9.17, 15) is 0 Å². The lowest BCUT2D eigenvalue weighted by Gasteiger charge is -1.98. The maximum absolute atomic E-state index is 5.88. The molecule has 0 radical (unpaired) electrons. The smallest absolute Gasteiger partial charge is 0.201 e. The normalized spacial score (nSPS) is 10.9. The molecule has 3 aromatic rings. The largest absolute Gasteiger partial charge is 0.399 e. The molecule has 2 aromatic heterocycles. The lowest BCUT2D eigenvalue weighted by Crippen LogP contribution is -1.98. The second-order valence-electron chi connectivity index (χ2n) is 3.92. The van der Waals surface area contributed by atoms with Gasteiger partial charge in [-0.15, -0.1) is 11.3 Å². The molecule has 0 amide bonds. The molecule has 1 aromatic carbocycles. The minimum Gasteiger partial charge on any atom is -0.399 e. The molecule has 2 heterocycles. The summed E-state index contributed by atoms with van der Waals surface area (Å²) in [6.07, 6.45) is 0. The molecule has 0 unspecified atom stereocenters. The number of nitrogens with two attached hydrogens (primary N) is 1. The van der Waals surface area contributed by atoms with E-state index in [1.165, 1.54) is 4.88 Å². The summed E-state index contributed by atoms with van der Waals surface area (Å²) >= 11 is 7.43. The van der Waals surface area contributed by atoms with Gasteiger partial charge in [-0.2, -0.15) is 0 Å². The van der Waals surface area contributed by atoms with E-state index in [0.29, 0.717) is 6.54 Å². The van der Waals surface area contributed by atoms with Gasteiger partial charge in [-0.1, -0.05) is 11.6 Å². The average Bonchev–Trinajstić information content (AvgIpc) is 2.92. The summed E-state index contributed by atoms with van der Waals surface area (Å²) in [6.45, 7) is 0.701. The Bertz CT molecular complexity index is 688. The summed E-state index contributed by atoms with van der Waals surface area (Å²) in [5.41, 5.74) is 8.28. The predicted molar refractivity (Wildman–Crippen MR) is 77.2 cm³/mol. The Balaban J connectivity index is 1.78. The van der Waals surface area contributed by atoms with Crippen LogP contribution in [0.1, 0.15) is 4.88 Å². The molecule has 6 heteroatoms. The number of anilines is 2. The van der Waals surface area contributed by atoms with E-state index in [2.05, 4.69) is 15.3 Å². The second-order valence-corrected chi connectivity index (χ2v) is 5.72. The van der Waals surface area contributed by atoms with Gasteiger partial charge in [-0.25, -0.2) is 4.98 Å². The Kier molecular flexibility index (Phi) is 2.85. The number of hydrogen-bond donors (Lipinski definition) is 3. The van der Waals surface area contributed by atoms with Gasteiger partial charge in [0.1, 0.15) is 0 Å². The van der Waals surface area contributed by atoms with E-state index >= 15 is 0 Å². The van der Waals surface area contributed by atoms with Gasteiger partial charge in [-0.3, -0.25) is 0 Å². The van der Waals surface area contributed by atoms with E-state index < -0.39 is 0 Å². The van der Waals surface area contributed by atoms with Crippen LogP contribution < -0.4 is 11.1 Å². The number of imidazole rings is 1. The third-order valence-corrected chi connectivity index (χ3v) is 3.80. The van der Waals surface area contributed by atoms with Crippen molar-refractivity contribution in [3.63, 3.8) is 0 Å². The molecule has 0 saturated carbocycles. The number of aromatic nitrogens is 2. The quantitative estimate of drug-likeness (QED) is 0.643. The molecule has 0 aliphatic carbocycles. The van der Waals surface area contributed by atoms with Gasteiger partial charge in [-0.05, 0) is 30.3 Å². The maximum atomic E-state index is 5.88. The number of nitrogen functional groups attached to an aromatic ring is 1. The molecule has 92 valence electrons. The summed E-state index contributed by atoms with van der Waals surface area (Å²) in [4.78, 5) is 8.77. The topological polar surface area (TPSA) is 66.7 Å². The SMILES string of the molecule is Nc1ccc2nc(NCc3ccc(Cl)s3)[nH]c2c1. The molecule has 3 rings (SSSR count). The van der Waals surface area contributed by atoms with Crippen LogP contribution in [0.25, 0.3) is 11.0 Å². The number of H-pyrrole nitrogens is 1. The Morgan fingerprint density at radius 3 is 3.00 bits per heavy atom. The van der Waals surface area contributed by atoms with Gasteiger partial charge in [0.05, 0.1) is 21.9 Å². The van der Waals surface area contributed by atoms with Crippen molar-refractivity contribution in [3.8, 4) is 0 Å². The lowest BCUT2D eigenvalue weighted by molar-refractivity contribution is 1.13. The van der Waals surface area contributed by atoms with Crippen molar-refractivity contribution in [3.05, 3.63) is 39.5 Å². The number of benzene rings is 1. The fourth-order valence-corrected chi connectivity index (χ4v) is 2.76. The first-order chi connectivity index (χ1) is 8.70. The third-order valence-electron chi connectivity index (χ3n) is 2.56. The van der Waals surface area contributed by atoms with Gasteiger partial charge in [0.25, 0.3) is 0 Å². The van der Waals surface area contributed by atoms with Crippen LogP contribution in [-0.4, -0.2) is 9.97 Å². The van der Waals surface area contributed by atoms with Crippen LogP contribution in [0.3, 0.4) is 0 Å². The molecule has 4 nitrogen and oxygen atoms in total. The summed E-state index contributed by atoms with van der Waals surface area (Å²) < 4.78 is 0.796. The van der Waals surface area contributed by atoms with Gasteiger partial charge >= 0.3 is 0 Å². The Hall–Kier alpha value is -1.72. The standard InChI is InChI=1S/C12H11ClN4S/c13-11-4-2-8(18-11)6-15-12-16-9-3-1-7(14)5-10(9)17-12/h1-5H,6,14H2,(H2,15,16,17). The summed E-state index contributed by atoms with van der Waals surface area (Å²) in [7, 11) is 0. The minimum absolute atomic E-state index is 0.701. The van der Waals surface area contributed by atoms with Crippen LogP contribution >= 0.6 is 22.9 Å². The van der Waals surface area contributed by atoms with Crippen molar-refractivity contribution < 1.29 is 0 Å². The number of rotatable bonds is 3. The van der Waals surface area contributed by atoms with Gasteiger partial charge in [0, 0.05) is 10.6 Å². The van der Waals surface area contributed by atoms with Crippen molar-refractivity contribution in [2.75, 3.05) is 11.1 Å². The molecule has 0 atom stereocenters. The highest BCUT2D eigenvalue weighted by Crippen LogP contribution is 2.22. The highest BCUT2D eigenvalue weighted by atomic mass is 35.5.